The Balaban J connectivity index is 2.76. The molecule has 0 aromatic heterocycles. The van der Waals surface area contributed by atoms with Gasteiger partial charge in [0.05, 0.1) is 4.92 Å². The summed E-state index contributed by atoms with van der Waals surface area (Å²) >= 11 is 0. The van der Waals surface area contributed by atoms with E-state index < -0.39 is 4.92 Å². The first kappa shape index (κ1) is 16.1. The van der Waals surface area contributed by atoms with E-state index in [9.17, 15) is 14.9 Å². The lowest BCUT2D eigenvalue weighted by molar-refractivity contribution is -0.384. The molecule has 0 bridgehead atoms. The fourth-order valence-corrected chi connectivity index (χ4v) is 2.11. The molecule has 0 aliphatic rings. The molecule has 1 aromatic carbocycles. The van der Waals surface area contributed by atoms with Crippen molar-refractivity contribution in [2.75, 3.05) is 5.32 Å². The van der Waals surface area contributed by atoms with Gasteiger partial charge in [0, 0.05) is 23.7 Å². The summed E-state index contributed by atoms with van der Waals surface area (Å²) in [6.07, 6.45) is 3.79. The van der Waals surface area contributed by atoms with E-state index in [-0.39, 0.29) is 17.5 Å². The van der Waals surface area contributed by atoms with Crippen LogP contribution in [0.3, 0.4) is 0 Å². The molecular formula is C15H22N2O3. The fraction of sp³-hybridized carbons (Fsp3) is 0.533. The number of benzene rings is 1. The molecule has 110 valence electrons. The second kappa shape index (κ2) is 7.62. The van der Waals surface area contributed by atoms with Crippen molar-refractivity contribution >= 4 is 17.3 Å². The summed E-state index contributed by atoms with van der Waals surface area (Å²) < 4.78 is 0. The molecule has 1 unspecified atom stereocenters. The summed E-state index contributed by atoms with van der Waals surface area (Å²) in [7, 11) is 0. The highest BCUT2D eigenvalue weighted by Crippen LogP contribution is 2.23. The van der Waals surface area contributed by atoms with Crippen molar-refractivity contribution in [2.24, 2.45) is 5.92 Å². The number of anilines is 1. The van der Waals surface area contributed by atoms with E-state index in [0.29, 0.717) is 11.3 Å². The average molecular weight is 278 g/mol. The van der Waals surface area contributed by atoms with Gasteiger partial charge in [-0.2, -0.15) is 0 Å². The van der Waals surface area contributed by atoms with E-state index in [1.165, 1.54) is 12.1 Å². The third kappa shape index (κ3) is 4.33. The SMILES string of the molecule is CCCCC(CC)C(=O)Nc1ccc([N+](=O)[O-])cc1C. The largest absolute Gasteiger partial charge is 0.326 e. The van der Waals surface area contributed by atoms with Gasteiger partial charge in [-0.15, -0.1) is 0 Å². The van der Waals surface area contributed by atoms with Crippen LogP contribution in [0, 0.1) is 23.0 Å². The number of amides is 1. The van der Waals surface area contributed by atoms with Crippen molar-refractivity contribution in [3.63, 3.8) is 0 Å². The lowest BCUT2D eigenvalue weighted by Crippen LogP contribution is -2.22. The van der Waals surface area contributed by atoms with E-state index in [0.717, 1.165) is 25.7 Å². The molecular weight excluding hydrogens is 256 g/mol. The molecule has 1 N–H and O–H groups in total. The van der Waals surface area contributed by atoms with E-state index in [1.54, 1.807) is 13.0 Å². The van der Waals surface area contributed by atoms with Gasteiger partial charge in [-0.1, -0.05) is 26.7 Å². The van der Waals surface area contributed by atoms with Gasteiger partial charge in [0.1, 0.15) is 0 Å². The number of unbranched alkanes of at least 4 members (excludes halogenated alkanes) is 1. The summed E-state index contributed by atoms with van der Waals surface area (Å²) in [5.74, 6) is 0.00226. The van der Waals surface area contributed by atoms with Gasteiger partial charge in [0.15, 0.2) is 0 Å². The van der Waals surface area contributed by atoms with Crippen molar-refractivity contribution in [3.05, 3.63) is 33.9 Å². The molecule has 0 saturated heterocycles. The standard InChI is InChI=1S/C15H22N2O3/c1-4-6-7-12(5-2)15(18)16-14-9-8-13(17(19)20)10-11(14)3/h8-10,12H,4-7H2,1-3H3,(H,16,18). The molecule has 1 atom stereocenters. The Bertz CT molecular complexity index is 486. The molecule has 1 rings (SSSR count). The molecule has 1 aromatic rings. The van der Waals surface area contributed by atoms with Crippen molar-refractivity contribution in [1.82, 2.24) is 0 Å². The molecule has 0 fully saturated rings. The van der Waals surface area contributed by atoms with Crippen molar-refractivity contribution < 1.29 is 9.72 Å². The van der Waals surface area contributed by atoms with Gasteiger partial charge in [-0.25, -0.2) is 0 Å². The number of carbonyl (C=O) groups is 1. The molecule has 0 spiro atoms. The van der Waals surface area contributed by atoms with Crippen molar-refractivity contribution in [1.29, 1.82) is 0 Å². The first-order valence-corrected chi connectivity index (χ1v) is 7.05. The molecule has 0 heterocycles. The number of nitro groups is 1. The van der Waals surface area contributed by atoms with Crippen LogP contribution < -0.4 is 5.32 Å². The first-order chi connectivity index (χ1) is 9.49. The van der Waals surface area contributed by atoms with Crippen molar-refractivity contribution in [3.8, 4) is 0 Å². The topological polar surface area (TPSA) is 72.2 Å². The van der Waals surface area contributed by atoms with Crippen LogP contribution >= 0.6 is 0 Å². The Morgan fingerprint density at radius 1 is 1.40 bits per heavy atom. The zero-order valence-electron chi connectivity index (χ0n) is 12.3. The minimum atomic E-state index is -0.436. The highest BCUT2D eigenvalue weighted by Gasteiger charge is 2.17. The molecule has 0 radical (unpaired) electrons. The van der Waals surface area contributed by atoms with Crippen LogP contribution in [0.2, 0.25) is 0 Å². The van der Waals surface area contributed by atoms with Crippen LogP contribution in [0.25, 0.3) is 0 Å². The molecule has 20 heavy (non-hydrogen) atoms. The van der Waals surface area contributed by atoms with E-state index in [4.69, 9.17) is 0 Å². The van der Waals surface area contributed by atoms with Crippen molar-refractivity contribution in [2.45, 2.75) is 46.5 Å². The van der Waals surface area contributed by atoms with Gasteiger partial charge < -0.3 is 5.32 Å². The third-order valence-electron chi connectivity index (χ3n) is 3.45. The second-order valence-corrected chi connectivity index (χ2v) is 4.99. The molecule has 5 nitrogen and oxygen atoms in total. The van der Waals surface area contributed by atoms with Gasteiger partial charge in [-0.05, 0) is 31.4 Å². The minimum absolute atomic E-state index is 0.00194. The summed E-state index contributed by atoms with van der Waals surface area (Å²) in [4.78, 5) is 22.4. The smallest absolute Gasteiger partial charge is 0.269 e. The van der Waals surface area contributed by atoms with Crippen LogP contribution in [0.15, 0.2) is 18.2 Å². The van der Waals surface area contributed by atoms with Crippen LogP contribution in [-0.4, -0.2) is 10.8 Å². The fourth-order valence-electron chi connectivity index (χ4n) is 2.11. The maximum Gasteiger partial charge on any atom is 0.269 e. The maximum absolute atomic E-state index is 12.2. The Hall–Kier alpha value is -1.91. The van der Waals surface area contributed by atoms with Crippen LogP contribution in [0.5, 0.6) is 0 Å². The quantitative estimate of drug-likeness (QED) is 0.604. The minimum Gasteiger partial charge on any atom is -0.326 e. The molecule has 0 saturated carbocycles. The summed E-state index contributed by atoms with van der Waals surface area (Å²) in [5, 5.41) is 13.6. The number of aryl methyl sites for hydroxylation is 1. The lowest BCUT2D eigenvalue weighted by atomic mass is 9.98. The molecule has 0 aliphatic heterocycles. The highest BCUT2D eigenvalue weighted by atomic mass is 16.6. The van der Waals surface area contributed by atoms with Gasteiger partial charge in [0.25, 0.3) is 5.69 Å². The Morgan fingerprint density at radius 2 is 2.10 bits per heavy atom. The second-order valence-electron chi connectivity index (χ2n) is 4.99. The third-order valence-corrected chi connectivity index (χ3v) is 3.45. The first-order valence-electron chi connectivity index (χ1n) is 7.05. The number of nitro benzene ring substituents is 1. The zero-order valence-corrected chi connectivity index (χ0v) is 12.3. The van der Waals surface area contributed by atoms with E-state index >= 15 is 0 Å². The number of non-ortho nitro benzene ring substituents is 1. The molecule has 1 amide bonds. The number of carbonyl (C=O) groups excluding carboxylic acids is 1. The Kier molecular flexibility index (Phi) is 6.15. The van der Waals surface area contributed by atoms with Gasteiger partial charge >= 0.3 is 0 Å². The highest BCUT2D eigenvalue weighted by molar-refractivity contribution is 5.93. The molecule has 5 heteroatoms. The number of hydrogen-bond acceptors (Lipinski definition) is 3. The van der Waals surface area contributed by atoms with Crippen LogP contribution in [0.4, 0.5) is 11.4 Å². The van der Waals surface area contributed by atoms with Crippen LogP contribution in [0.1, 0.15) is 45.1 Å². The summed E-state index contributed by atoms with van der Waals surface area (Å²) in [5.41, 5.74) is 1.40. The predicted octanol–water partition coefficient (Wildman–Crippen LogP) is 4.06. The van der Waals surface area contributed by atoms with Crippen LogP contribution in [-0.2, 0) is 4.79 Å². The number of nitrogens with one attached hydrogen (secondary N) is 1. The average Bonchev–Trinajstić information content (AvgIpc) is 2.41. The Labute approximate surface area is 119 Å². The lowest BCUT2D eigenvalue weighted by Gasteiger charge is -2.15. The summed E-state index contributed by atoms with van der Waals surface area (Å²) in [6, 6.07) is 4.48. The Morgan fingerprint density at radius 3 is 2.60 bits per heavy atom. The van der Waals surface area contributed by atoms with Gasteiger partial charge in [0.2, 0.25) is 5.91 Å². The zero-order chi connectivity index (χ0) is 15.1. The maximum atomic E-state index is 12.2. The predicted molar refractivity (Wildman–Crippen MR) is 79.8 cm³/mol. The monoisotopic (exact) mass is 278 g/mol. The number of hydrogen-bond donors (Lipinski definition) is 1. The van der Waals surface area contributed by atoms with E-state index in [2.05, 4.69) is 12.2 Å². The molecule has 0 aliphatic carbocycles. The summed E-state index contributed by atoms with van der Waals surface area (Å²) in [6.45, 7) is 5.86. The van der Waals surface area contributed by atoms with Gasteiger partial charge in [-0.3, -0.25) is 14.9 Å². The van der Waals surface area contributed by atoms with E-state index in [1.807, 2.05) is 6.92 Å². The number of rotatable bonds is 7. The normalized spacial score (nSPS) is 11.9. The number of nitrogens with zero attached hydrogens (tertiary/aromatic N) is 1.